The second-order valence-electron chi connectivity index (χ2n) is 5.03. The van der Waals surface area contributed by atoms with E-state index in [0.29, 0.717) is 11.6 Å². The van der Waals surface area contributed by atoms with Crippen LogP contribution in [0, 0.1) is 0 Å². The van der Waals surface area contributed by atoms with Crippen LogP contribution in [0.5, 0.6) is 5.75 Å². The Bertz CT molecular complexity index is 644. The third-order valence-corrected chi connectivity index (χ3v) is 4.49. The minimum absolute atomic E-state index is 0.181. The predicted molar refractivity (Wildman–Crippen MR) is 85.2 cm³/mol. The van der Waals surface area contributed by atoms with Crippen molar-refractivity contribution in [1.82, 2.24) is 0 Å². The zero-order chi connectivity index (χ0) is 14.1. The first-order valence-electron chi connectivity index (χ1n) is 6.58. The zero-order valence-corrected chi connectivity index (χ0v) is 13.2. The van der Waals surface area contributed by atoms with Crippen LogP contribution >= 0.6 is 27.5 Å². The summed E-state index contributed by atoms with van der Waals surface area (Å²) in [5.41, 5.74) is 9.56. The molecule has 2 aromatic rings. The largest absolute Gasteiger partial charge is 0.489 e. The Morgan fingerprint density at radius 1 is 1.25 bits per heavy atom. The van der Waals surface area contributed by atoms with Gasteiger partial charge in [-0.1, -0.05) is 39.7 Å². The number of hydrogen-bond donors (Lipinski definition) is 1. The summed E-state index contributed by atoms with van der Waals surface area (Å²) in [5, 5.41) is 0.711. The molecule has 0 heterocycles. The molecule has 2 aromatic carbocycles. The van der Waals surface area contributed by atoms with E-state index in [1.54, 1.807) is 0 Å². The highest BCUT2D eigenvalue weighted by Gasteiger charge is 2.19. The standard InChI is InChI=1S/C16H15BrClNO/c17-12-3-1-11(15(18)8-12)9-20-13-4-5-14-10(7-13)2-6-16(14)19/h1,3-5,7-8,16H,2,6,9,19H2. The highest BCUT2D eigenvalue weighted by atomic mass is 79.9. The summed E-state index contributed by atoms with van der Waals surface area (Å²) in [4.78, 5) is 0. The fourth-order valence-electron chi connectivity index (χ4n) is 2.52. The first kappa shape index (κ1) is 13.9. The molecular weight excluding hydrogens is 338 g/mol. The lowest BCUT2D eigenvalue weighted by Crippen LogP contribution is -2.05. The van der Waals surface area contributed by atoms with Crippen LogP contribution in [0.3, 0.4) is 0 Å². The predicted octanol–water partition coefficient (Wildman–Crippen LogP) is 4.63. The number of fused-ring (bicyclic) bond motifs is 1. The van der Waals surface area contributed by atoms with Gasteiger partial charge < -0.3 is 10.5 Å². The Kier molecular flexibility index (Phi) is 4.01. The van der Waals surface area contributed by atoms with Crippen molar-refractivity contribution >= 4 is 27.5 Å². The first-order valence-corrected chi connectivity index (χ1v) is 7.76. The molecular formula is C16H15BrClNO. The molecule has 1 atom stereocenters. The maximum Gasteiger partial charge on any atom is 0.120 e. The van der Waals surface area contributed by atoms with Crippen LogP contribution in [-0.2, 0) is 13.0 Å². The van der Waals surface area contributed by atoms with Gasteiger partial charge in [0, 0.05) is 21.1 Å². The molecule has 0 saturated heterocycles. The Labute approximate surface area is 132 Å². The Hall–Kier alpha value is -1.03. The molecule has 0 fully saturated rings. The Morgan fingerprint density at radius 2 is 2.10 bits per heavy atom. The van der Waals surface area contributed by atoms with E-state index >= 15 is 0 Å². The summed E-state index contributed by atoms with van der Waals surface area (Å²) < 4.78 is 6.80. The van der Waals surface area contributed by atoms with Crippen LogP contribution in [-0.4, -0.2) is 0 Å². The Morgan fingerprint density at radius 3 is 2.90 bits per heavy atom. The first-order chi connectivity index (χ1) is 9.63. The summed E-state index contributed by atoms with van der Waals surface area (Å²) >= 11 is 9.58. The zero-order valence-electron chi connectivity index (χ0n) is 10.9. The monoisotopic (exact) mass is 351 g/mol. The summed E-state index contributed by atoms with van der Waals surface area (Å²) in [5.74, 6) is 0.872. The lowest BCUT2D eigenvalue weighted by molar-refractivity contribution is 0.306. The van der Waals surface area contributed by atoms with Gasteiger partial charge in [0.15, 0.2) is 0 Å². The van der Waals surface area contributed by atoms with Gasteiger partial charge in [0.05, 0.1) is 0 Å². The molecule has 1 unspecified atom stereocenters. The molecule has 0 radical (unpaired) electrons. The van der Waals surface area contributed by atoms with E-state index in [9.17, 15) is 0 Å². The van der Waals surface area contributed by atoms with Crippen molar-refractivity contribution in [3.63, 3.8) is 0 Å². The molecule has 2 nitrogen and oxygen atoms in total. The molecule has 104 valence electrons. The van der Waals surface area contributed by atoms with Crippen LogP contribution in [0.1, 0.15) is 29.2 Å². The van der Waals surface area contributed by atoms with E-state index < -0.39 is 0 Å². The topological polar surface area (TPSA) is 35.2 Å². The number of ether oxygens (including phenoxy) is 1. The van der Waals surface area contributed by atoms with Crippen LogP contribution < -0.4 is 10.5 Å². The summed E-state index contributed by atoms with van der Waals surface area (Å²) in [6.07, 6.45) is 2.06. The van der Waals surface area contributed by atoms with Crippen molar-refractivity contribution < 1.29 is 4.74 Å². The van der Waals surface area contributed by atoms with Gasteiger partial charge in [-0.05, 0) is 48.2 Å². The van der Waals surface area contributed by atoms with Gasteiger partial charge in [0.25, 0.3) is 0 Å². The molecule has 1 aliphatic carbocycles. The van der Waals surface area contributed by atoms with Crippen molar-refractivity contribution in [2.45, 2.75) is 25.5 Å². The minimum atomic E-state index is 0.181. The molecule has 0 saturated carbocycles. The average molecular weight is 353 g/mol. The number of halogens is 2. The van der Waals surface area contributed by atoms with Crippen molar-refractivity contribution in [1.29, 1.82) is 0 Å². The van der Waals surface area contributed by atoms with Gasteiger partial charge in [-0.3, -0.25) is 0 Å². The number of rotatable bonds is 3. The molecule has 3 rings (SSSR count). The normalized spacial score (nSPS) is 17.1. The molecule has 0 bridgehead atoms. The van der Waals surface area contributed by atoms with Gasteiger partial charge in [-0.15, -0.1) is 0 Å². The molecule has 0 aliphatic heterocycles. The highest BCUT2D eigenvalue weighted by Crippen LogP contribution is 2.32. The summed E-state index contributed by atoms with van der Waals surface area (Å²) in [6, 6.07) is 12.1. The van der Waals surface area contributed by atoms with Crippen molar-refractivity contribution in [3.8, 4) is 5.75 Å². The number of aryl methyl sites for hydroxylation is 1. The van der Waals surface area contributed by atoms with Crippen LogP contribution in [0.4, 0.5) is 0 Å². The third-order valence-electron chi connectivity index (χ3n) is 3.65. The quantitative estimate of drug-likeness (QED) is 0.874. The average Bonchev–Trinajstić information content (AvgIpc) is 2.79. The second-order valence-corrected chi connectivity index (χ2v) is 6.35. The minimum Gasteiger partial charge on any atom is -0.489 e. The molecule has 4 heteroatoms. The maximum atomic E-state index is 6.18. The maximum absolute atomic E-state index is 6.18. The van der Waals surface area contributed by atoms with Gasteiger partial charge in [0.1, 0.15) is 12.4 Å². The molecule has 0 aromatic heterocycles. The van der Waals surface area contributed by atoms with Crippen LogP contribution in [0.15, 0.2) is 40.9 Å². The smallest absolute Gasteiger partial charge is 0.120 e. The van der Waals surface area contributed by atoms with Crippen molar-refractivity contribution in [2.24, 2.45) is 5.73 Å². The molecule has 20 heavy (non-hydrogen) atoms. The van der Waals surface area contributed by atoms with E-state index in [2.05, 4.69) is 28.1 Å². The summed E-state index contributed by atoms with van der Waals surface area (Å²) in [7, 11) is 0. The van der Waals surface area contributed by atoms with Gasteiger partial charge in [0.2, 0.25) is 0 Å². The van der Waals surface area contributed by atoms with Gasteiger partial charge in [-0.25, -0.2) is 0 Å². The third kappa shape index (κ3) is 2.85. The number of hydrogen-bond acceptors (Lipinski definition) is 2. The van der Waals surface area contributed by atoms with Crippen LogP contribution in [0.25, 0.3) is 0 Å². The van der Waals surface area contributed by atoms with E-state index in [0.717, 1.165) is 28.6 Å². The molecule has 1 aliphatic rings. The lowest BCUT2D eigenvalue weighted by Gasteiger charge is -2.10. The Balaban J connectivity index is 1.73. The van der Waals surface area contributed by atoms with E-state index in [1.165, 1.54) is 11.1 Å². The van der Waals surface area contributed by atoms with Gasteiger partial charge >= 0.3 is 0 Å². The molecule has 2 N–H and O–H groups in total. The van der Waals surface area contributed by atoms with Crippen molar-refractivity contribution in [2.75, 3.05) is 0 Å². The SMILES string of the molecule is NC1CCc2cc(OCc3ccc(Br)cc3Cl)ccc21. The summed E-state index contributed by atoms with van der Waals surface area (Å²) in [6.45, 7) is 0.469. The number of nitrogens with two attached hydrogens (primary N) is 1. The van der Waals surface area contributed by atoms with E-state index in [4.69, 9.17) is 22.1 Å². The van der Waals surface area contributed by atoms with Gasteiger partial charge in [-0.2, -0.15) is 0 Å². The van der Waals surface area contributed by atoms with E-state index in [1.807, 2.05) is 24.3 Å². The fraction of sp³-hybridized carbons (Fsp3) is 0.250. The van der Waals surface area contributed by atoms with E-state index in [-0.39, 0.29) is 6.04 Å². The number of benzene rings is 2. The van der Waals surface area contributed by atoms with Crippen LogP contribution in [0.2, 0.25) is 5.02 Å². The highest BCUT2D eigenvalue weighted by molar-refractivity contribution is 9.10. The molecule has 0 amide bonds. The molecule has 0 spiro atoms. The lowest BCUT2D eigenvalue weighted by atomic mass is 10.1. The second kappa shape index (κ2) is 5.76. The van der Waals surface area contributed by atoms with Crippen molar-refractivity contribution in [3.05, 3.63) is 62.6 Å². The fourth-order valence-corrected chi connectivity index (χ4v) is 3.24.